The number of rotatable bonds is 4. The van der Waals surface area contributed by atoms with Crippen LogP contribution in [-0.4, -0.2) is 36.5 Å². The molecule has 1 aliphatic rings. The molecule has 5 heteroatoms. The van der Waals surface area contributed by atoms with E-state index in [1.807, 2.05) is 16.3 Å². The maximum absolute atomic E-state index is 12.5. The fraction of sp³-hybridized carbons (Fsp3) is 0.643. The average molecular weight is 345 g/mol. The number of hydrogen-bond acceptors (Lipinski definition) is 3. The number of nitrogens with one attached hydrogen (secondary N) is 1. The van der Waals surface area contributed by atoms with Crippen molar-refractivity contribution in [2.45, 2.75) is 32.7 Å². The van der Waals surface area contributed by atoms with Gasteiger partial charge in [0.25, 0.3) is 5.91 Å². The molecule has 1 aliphatic heterocycles. The first-order valence-corrected chi connectivity index (χ1v) is 8.51. The molecule has 1 aromatic rings. The van der Waals surface area contributed by atoms with Gasteiger partial charge in [-0.25, -0.2) is 0 Å². The minimum atomic E-state index is 0.177. The predicted molar refractivity (Wildman–Crippen MR) is 83.8 cm³/mol. The summed E-state index contributed by atoms with van der Waals surface area (Å²) in [6.07, 6.45) is 2.33. The molecule has 0 spiro atoms. The number of likely N-dealkylation sites (tertiary alicyclic amines) is 1. The van der Waals surface area contributed by atoms with Crippen LogP contribution in [0.4, 0.5) is 0 Å². The van der Waals surface area contributed by atoms with Gasteiger partial charge in [-0.15, -0.1) is 11.3 Å². The second kappa shape index (κ2) is 6.86. The number of amides is 1. The Morgan fingerprint density at radius 1 is 1.63 bits per heavy atom. The fourth-order valence-electron chi connectivity index (χ4n) is 2.41. The summed E-state index contributed by atoms with van der Waals surface area (Å²) in [6, 6.07) is 2.46. The molecule has 1 unspecified atom stereocenters. The highest BCUT2D eigenvalue weighted by Gasteiger charge is 2.26. The Balaban J connectivity index is 1.94. The van der Waals surface area contributed by atoms with Crippen LogP contribution in [0.25, 0.3) is 0 Å². The monoisotopic (exact) mass is 344 g/mol. The lowest BCUT2D eigenvalue weighted by molar-refractivity contribution is 0.0676. The Morgan fingerprint density at radius 3 is 3.05 bits per heavy atom. The Kier molecular flexibility index (Phi) is 5.42. The van der Waals surface area contributed by atoms with Crippen molar-refractivity contribution in [3.63, 3.8) is 0 Å². The van der Waals surface area contributed by atoms with Gasteiger partial charge >= 0.3 is 0 Å². The number of nitrogens with zero attached hydrogens (tertiary/aromatic N) is 1. The van der Waals surface area contributed by atoms with Gasteiger partial charge in [0.15, 0.2) is 0 Å². The van der Waals surface area contributed by atoms with Crippen molar-refractivity contribution in [2.24, 2.45) is 5.92 Å². The highest BCUT2D eigenvalue weighted by atomic mass is 79.9. The van der Waals surface area contributed by atoms with Gasteiger partial charge in [-0.2, -0.15) is 0 Å². The zero-order chi connectivity index (χ0) is 13.8. The van der Waals surface area contributed by atoms with E-state index in [1.54, 1.807) is 0 Å². The smallest absolute Gasteiger partial charge is 0.265 e. The third-order valence-electron chi connectivity index (χ3n) is 3.43. The Bertz CT molecular complexity index is 433. The van der Waals surface area contributed by atoms with E-state index < -0.39 is 0 Å². The minimum absolute atomic E-state index is 0.177. The topological polar surface area (TPSA) is 32.3 Å². The summed E-state index contributed by atoms with van der Waals surface area (Å²) in [4.78, 5) is 15.3. The Morgan fingerprint density at radius 2 is 2.42 bits per heavy atom. The van der Waals surface area contributed by atoms with E-state index in [1.165, 1.54) is 17.8 Å². The molecule has 0 radical (unpaired) electrons. The van der Waals surface area contributed by atoms with Crippen LogP contribution in [0.1, 0.15) is 36.4 Å². The first kappa shape index (κ1) is 15.0. The summed E-state index contributed by atoms with van der Waals surface area (Å²) in [7, 11) is 0. The van der Waals surface area contributed by atoms with E-state index >= 15 is 0 Å². The predicted octanol–water partition coefficient (Wildman–Crippen LogP) is 3.36. The minimum Gasteiger partial charge on any atom is -0.338 e. The van der Waals surface area contributed by atoms with Crippen molar-refractivity contribution >= 4 is 33.2 Å². The molecule has 1 aromatic heterocycles. The molecule has 1 saturated heterocycles. The molecule has 0 bridgehead atoms. The maximum Gasteiger partial charge on any atom is 0.265 e. The molecule has 1 atom stereocenters. The first-order valence-electron chi connectivity index (χ1n) is 6.83. The third kappa shape index (κ3) is 4.04. The molecule has 1 fully saturated rings. The molecule has 0 saturated carbocycles. The van der Waals surface area contributed by atoms with Gasteiger partial charge < -0.3 is 10.2 Å². The number of carbonyl (C=O) groups is 1. The van der Waals surface area contributed by atoms with Gasteiger partial charge in [0.1, 0.15) is 4.88 Å². The summed E-state index contributed by atoms with van der Waals surface area (Å²) in [6.45, 7) is 7.10. The lowest BCUT2D eigenvalue weighted by Crippen LogP contribution is -2.43. The van der Waals surface area contributed by atoms with Crippen LogP contribution >= 0.6 is 27.3 Å². The molecular weight excluding hydrogens is 324 g/mol. The largest absolute Gasteiger partial charge is 0.338 e. The van der Waals surface area contributed by atoms with Crippen LogP contribution in [0.15, 0.2) is 15.9 Å². The summed E-state index contributed by atoms with van der Waals surface area (Å²) >= 11 is 4.97. The second-order valence-corrected chi connectivity index (χ2v) is 7.19. The van der Waals surface area contributed by atoms with Crippen molar-refractivity contribution in [1.82, 2.24) is 10.2 Å². The molecule has 2 rings (SSSR count). The van der Waals surface area contributed by atoms with Crippen LogP contribution in [0.2, 0.25) is 0 Å². The van der Waals surface area contributed by atoms with Crippen molar-refractivity contribution < 1.29 is 4.79 Å². The molecule has 2 heterocycles. The fourth-order valence-corrected chi connectivity index (χ4v) is 3.92. The van der Waals surface area contributed by atoms with Crippen molar-refractivity contribution in [1.29, 1.82) is 0 Å². The first-order chi connectivity index (χ1) is 9.08. The normalized spacial score (nSPS) is 20.0. The summed E-state index contributed by atoms with van der Waals surface area (Å²) in [5, 5.41) is 5.43. The Labute approximate surface area is 127 Å². The molecular formula is C14H21BrN2OS. The van der Waals surface area contributed by atoms with E-state index in [-0.39, 0.29) is 5.91 Å². The molecule has 3 nitrogen and oxygen atoms in total. The van der Waals surface area contributed by atoms with Crippen LogP contribution in [0, 0.1) is 5.92 Å². The number of hydrogen-bond donors (Lipinski definition) is 1. The molecule has 1 N–H and O–H groups in total. The summed E-state index contributed by atoms with van der Waals surface area (Å²) < 4.78 is 0.921. The average Bonchev–Trinajstić information content (AvgIpc) is 2.82. The number of carbonyl (C=O) groups excluding carboxylic acids is 1. The van der Waals surface area contributed by atoms with Crippen molar-refractivity contribution in [2.75, 3.05) is 19.6 Å². The van der Waals surface area contributed by atoms with E-state index in [4.69, 9.17) is 0 Å². The van der Waals surface area contributed by atoms with Crippen LogP contribution in [-0.2, 0) is 0 Å². The zero-order valence-corrected chi connectivity index (χ0v) is 13.9. The SMILES string of the molecule is CC(C)NCC1CCCN(C(=O)c2sccc2Br)C1. The lowest BCUT2D eigenvalue weighted by Gasteiger charge is -2.33. The van der Waals surface area contributed by atoms with E-state index in [0.717, 1.165) is 35.4 Å². The van der Waals surface area contributed by atoms with Gasteiger partial charge in [0.05, 0.1) is 0 Å². The maximum atomic E-state index is 12.5. The van der Waals surface area contributed by atoms with E-state index in [0.29, 0.717) is 12.0 Å². The number of piperidine rings is 1. The molecule has 0 aromatic carbocycles. The van der Waals surface area contributed by atoms with E-state index in [2.05, 4.69) is 35.1 Å². The van der Waals surface area contributed by atoms with E-state index in [9.17, 15) is 4.79 Å². The van der Waals surface area contributed by atoms with Crippen LogP contribution < -0.4 is 5.32 Å². The van der Waals surface area contributed by atoms with Gasteiger partial charge in [-0.3, -0.25) is 4.79 Å². The number of halogens is 1. The van der Waals surface area contributed by atoms with Gasteiger partial charge in [0.2, 0.25) is 0 Å². The molecule has 1 amide bonds. The highest BCUT2D eigenvalue weighted by molar-refractivity contribution is 9.10. The van der Waals surface area contributed by atoms with Gasteiger partial charge in [-0.1, -0.05) is 13.8 Å². The van der Waals surface area contributed by atoms with Crippen LogP contribution in [0.3, 0.4) is 0 Å². The quantitative estimate of drug-likeness (QED) is 0.908. The number of thiophene rings is 1. The van der Waals surface area contributed by atoms with Crippen molar-refractivity contribution in [3.8, 4) is 0 Å². The standard InChI is InChI=1S/C14H21BrN2OS/c1-10(2)16-8-11-4-3-6-17(9-11)14(18)13-12(15)5-7-19-13/h5,7,10-11,16H,3-4,6,8-9H2,1-2H3. The highest BCUT2D eigenvalue weighted by Crippen LogP contribution is 2.26. The molecule has 0 aliphatic carbocycles. The molecule has 106 valence electrons. The second-order valence-electron chi connectivity index (χ2n) is 5.42. The van der Waals surface area contributed by atoms with Gasteiger partial charge in [-0.05, 0) is 52.7 Å². The Hall–Kier alpha value is -0.390. The summed E-state index contributed by atoms with van der Waals surface area (Å²) in [5.74, 6) is 0.759. The van der Waals surface area contributed by atoms with Gasteiger partial charge in [0, 0.05) is 23.6 Å². The molecule has 19 heavy (non-hydrogen) atoms. The van der Waals surface area contributed by atoms with Crippen LogP contribution in [0.5, 0.6) is 0 Å². The van der Waals surface area contributed by atoms with Crippen molar-refractivity contribution in [3.05, 3.63) is 20.8 Å². The third-order valence-corrected chi connectivity index (χ3v) is 5.26. The zero-order valence-electron chi connectivity index (χ0n) is 11.5. The lowest BCUT2D eigenvalue weighted by atomic mass is 9.97. The summed E-state index contributed by atoms with van der Waals surface area (Å²) in [5.41, 5.74) is 0.